The van der Waals surface area contributed by atoms with Crippen LogP contribution in [-0.4, -0.2) is 135 Å². The van der Waals surface area contributed by atoms with Crippen molar-refractivity contribution >= 4 is 11.9 Å². The normalized spacial score (nSPS) is 36.9. The maximum Gasteiger partial charge on any atom is 0.275 e. The van der Waals surface area contributed by atoms with Gasteiger partial charge in [-0.05, 0) is 25.8 Å². The van der Waals surface area contributed by atoms with Gasteiger partial charge in [0.05, 0.1) is 37.5 Å². The van der Waals surface area contributed by atoms with Crippen molar-refractivity contribution in [2.75, 3.05) is 26.3 Å². The van der Waals surface area contributed by atoms with Gasteiger partial charge in [-0.3, -0.25) is 4.79 Å². The number of nitrogens with one attached hydrogen (secondary N) is 2. The molecule has 1 saturated carbocycles. The zero-order chi connectivity index (χ0) is 31.9. The number of hydrogen-bond acceptors (Lipinski definition) is 14. The summed E-state index contributed by atoms with van der Waals surface area (Å²) in [7, 11) is 0. The Morgan fingerprint density at radius 1 is 1.30 bits per heavy atom. The molecule has 0 spiro atoms. The third-order valence-corrected chi connectivity index (χ3v) is 7.57. The number of guanidine groups is 1. The van der Waals surface area contributed by atoms with Gasteiger partial charge in [-0.15, -0.1) is 0 Å². The highest BCUT2D eigenvalue weighted by Gasteiger charge is 2.50. The third-order valence-electron chi connectivity index (χ3n) is 7.57. The molecule has 0 aromatic heterocycles. The lowest BCUT2D eigenvalue weighted by Crippen LogP contribution is -2.67. The first-order chi connectivity index (χ1) is 20.2. The molecule has 0 bridgehead atoms. The van der Waals surface area contributed by atoms with Crippen molar-refractivity contribution in [1.29, 1.82) is 0 Å². The summed E-state index contributed by atoms with van der Waals surface area (Å²) < 4.78 is 23.6. The average Bonchev–Trinajstić information content (AvgIpc) is 2.93. The molecule has 11 atom stereocenters. The number of carbonyl (C=O) groups is 1. The van der Waals surface area contributed by atoms with Crippen molar-refractivity contribution in [3.8, 4) is 0 Å². The quantitative estimate of drug-likeness (QED) is 0.0683. The second kappa shape index (κ2) is 15.2. The predicted molar refractivity (Wildman–Crippen MR) is 150 cm³/mol. The van der Waals surface area contributed by atoms with Crippen LogP contribution in [0.3, 0.4) is 0 Å². The number of amides is 1. The summed E-state index contributed by atoms with van der Waals surface area (Å²) in [5, 5.41) is 67.2. The van der Waals surface area contributed by atoms with E-state index in [2.05, 4.69) is 15.6 Å². The highest BCUT2D eigenvalue weighted by atomic mass is 16.7. The van der Waals surface area contributed by atoms with Crippen molar-refractivity contribution in [1.82, 2.24) is 10.6 Å². The van der Waals surface area contributed by atoms with Crippen molar-refractivity contribution in [3.63, 3.8) is 0 Å². The second-order valence-corrected chi connectivity index (χ2v) is 11.6. The topological polar surface area (TPSA) is 290 Å². The minimum absolute atomic E-state index is 0.0102. The highest BCUT2D eigenvalue weighted by Crippen LogP contribution is 2.32. The van der Waals surface area contributed by atoms with Crippen molar-refractivity contribution in [3.05, 3.63) is 11.8 Å². The van der Waals surface area contributed by atoms with Gasteiger partial charge in [-0.2, -0.15) is 0 Å². The number of carbonyl (C=O) groups excluding carboxylic acids is 1. The summed E-state index contributed by atoms with van der Waals surface area (Å²) in [5.74, 6) is -0.923. The molecule has 7 unspecified atom stereocenters. The Hall–Kier alpha value is -2.16. The highest BCUT2D eigenvalue weighted by molar-refractivity contribution is 5.88. The van der Waals surface area contributed by atoms with Crippen LogP contribution in [0.2, 0.25) is 0 Å². The molecular weight excluding hydrogens is 572 g/mol. The Labute approximate surface area is 250 Å². The molecule has 1 aliphatic carbocycles. The van der Waals surface area contributed by atoms with Crippen LogP contribution < -0.4 is 27.8 Å². The first-order valence-corrected chi connectivity index (χ1v) is 14.4. The Morgan fingerprint density at radius 3 is 2.65 bits per heavy atom. The fraction of sp³-hybridized carbons (Fsp3) is 0.846. The number of hydrogen-bond donors (Lipinski definition) is 11. The number of allylic oxidation sites excluding steroid dienone is 1. The Balaban J connectivity index is 1.76. The van der Waals surface area contributed by atoms with Gasteiger partial charge in [0.15, 0.2) is 18.5 Å². The SMILES string of the molecule is CCC(O)(N=C(N)N)C(=O)NC1CC(N)[C@@H](O[C@@H]2CCC=C(CNCC(O)CO)O2)C(O)[C@H]1OC1OC[C@](C)(O)CC1O. The van der Waals surface area contributed by atoms with Gasteiger partial charge >= 0.3 is 0 Å². The van der Waals surface area contributed by atoms with Crippen LogP contribution in [-0.2, 0) is 23.7 Å². The second-order valence-electron chi connectivity index (χ2n) is 11.6. The molecule has 3 rings (SSSR count). The molecule has 1 saturated heterocycles. The van der Waals surface area contributed by atoms with Gasteiger partial charge in [-0.1, -0.05) is 6.92 Å². The minimum atomic E-state index is -2.30. The van der Waals surface area contributed by atoms with Crippen molar-refractivity contribution in [2.45, 2.75) is 112 Å². The maximum atomic E-state index is 13.1. The number of aliphatic imine (C=N–C) groups is 1. The fourth-order valence-electron chi connectivity index (χ4n) is 5.26. The molecule has 17 heteroatoms. The fourth-order valence-corrected chi connectivity index (χ4v) is 5.26. The average molecular weight is 621 g/mol. The molecule has 43 heavy (non-hydrogen) atoms. The number of aliphatic hydroxyl groups excluding tert-OH is 4. The lowest BCUT2D eigenvalue weighted by Gasteiger charge is -2.47. The largest absolute Gasteiger partial charge is 0.468 e. The van der Waals surface area contributed by atoms with E-state index in [-0.39, 0.29) is 45.6 Å². The summed E-state index contributed by atoms with van der Waals surface area (Å²) in [4.78, 5) is 16.8. The summed E-state index contributed by atoms with van der Waals surface area (Å²) >= 11 is 0. The summed E-state index contributed by atoms with van der Waals surface area (Å²) in [5.41, 5.74) is 13.6. The molecule has 14 N–H and O–H groups in total. The van der Waals surface area contributed by atoms with E-state index in [0.29, 0.717) is 18.6 Å². The van der Waals surface area contributed by atoms with Crippen LogP contribution in [0.5, 0.6) is 0 Å². The van der Waals surface area contributed by atoms with Gasteiger partial charge in [0, 0.05) is 31.8 Å². The van der Waals surface area contributed by atoms with Crippen molar-refractivity contribution < 1.29 is 54.4 Å². The minimum Gasteiger partial charge on any atom is -0.468 e. The van der Waals surface area contributed by atoms with Crippen LogP contribution in [0.25, 0.3) is 0 Å². The zero-order valence-electron chi connectivity index (χ0n) is 24.5. The summed E-state index contributed by atoms with van der Waals surface area (Å²) in [6, 6.07) is -1.85. The zero-order valence-corrected chi connectivity index (χ0v) is 24.5. The Kier molecular flexibility index (Phi) is 12.5. The molecule has 0 aromatic rings. The van der Waals surface area contributed by atoms with Crippen LogP contribution in [0.1, 0.15) is 46.0 Å². The molecule has 2 fully saturated rings. The molecule has 1 amide bonds. The van der Waals surface area contributed by atoms with E-state index >= 15 is 0 Å². The van der Waals surface area contributed by atoms with Crippen LogP contribution in [0, 0.1) is 0 Å². The van der Waals surface area contributed by atoms with Gasteiger partial charge in [0.2, 0.25) is 5.72 Å². The van der Waals surface area contributed by atoms with E-state index in [1.807, 2.05) is 6.08 Å². The molecule has 17 nitrogen and oxygen atoms in total. The van der Waals surface area contributed by atoms with E-state index in [1.165, 1.54) is 13.8 Å². The van der Waals surface area contributed by atoms with Gasteiger partial charge in [0.25, 0.3) is 5.91 Å². The maximum absolute atomic E-state index is 13.1. The number of aliphatic hydroxyl groups is 6. The molecular formula is C26H48N6O11. The van der Waals surface area contributed by atoms with E-state index < -0.39 is 78.4 Å². The molecule has 0 radical (unpaired) electrons. The van der Waals surface area contributed by atoms with Crippen LogP contribution in [0.4, 0.5) is 0 Å². The smallest absolute Gasteiger partial charge is 0.275 e. The lowest BCUT2D eigenvalue weighted by atomic mass is 9.83. The number of rotatable bonds is 13. The number of nitrogens with two attached hydrogens (primary N) is 3. The number of nitrogens with zero attached hydrogens (tertiary/aromatic N) is 1. The van der Waals surface area contributed by atoms with Gasteiger partial charge in [-0.25, -0.2) is 4.99 Å². The first kappa shape index (κ1) is 35.3. The monoisotopic (exact) mass is 620 g/mol. The molecule has 2 aliphatic heterocycles. The van der Waals surface area contributed by atoms with Gasteiger partial charge < -0.3 is 77.4 Å². The summed E-state index contributed by atoms with van der Waals surface area (Å²) in [6.45, 7) is 2.90. The van der Waals surface area contributed by atoms with E-state index in [0.717, 1.165) is 0 Å². The van der Waals surface area contributed by atoms with Crippen molar-refractivity contribution in [2.24, 2.45) is 22.2 Å². The lowest BCUT2D eigenvalue weighted by molar-refractivity contribution is -0.297. The molecule has 2 heterocycles. The number of ether oxygens (including phenoxy) is 4. The van der Waals surface area contributed by atoms with E-state index in [1.54, 1.807) is 0 Å². The van der Waals surface area contributed by atoms with Crippen LogP contribution in [0.15, 0.2) is 16.8 Å². The third kappa shape index (κ3) is 9.66. The van der Waals surface area contributed by atoms with Crippen LogP contribution >= 0.6 is 0 Å². The Morgan fingerprint density at radius 2 is 2.02 bits per heavy atom. The molecule has 0 aromatic carbocycles. The molecule has 248 valence electrons. The standard InChI is InChI=1S/C26H48N6O11/c1-3-26(39,32-24(28)29)23(37)31-16-7-15(27)20(19(36)21(16)43-22-17(35)8-25(2,38)12-40-22)42-18-6-4-5-14(41-18)10-30-9-13(34)11-33/h5,13,15-22,30,33-36,38-39H,3-4,6-12,27H2,1-2H3,(H,31,37)(H4,28,29,32)/t13?,15?,16?,17?,18-,19?,20-,21+,22?,25-,26?/m1/s1. The first-order valence-electron chi connectivity index (χ1n) is 14.4. The van der Waals surface area contributed by atoms with Gasteiger partial charge in [0.1, 0.15) is 30.2 Å². The predicted octanol–water partition coefficient (Wildman–Crippen LogP) is -4.47. The Bertz CT molecular complexity index is 983. The summed E-state index contributed by atoms with van der Waals surface area (Å²) in [6.07, 6.45) is -5.32. The molecule has 3 aliphatic rings. The van der Waals surface area contributed by atoms with E-state index in [9.17, 15) is 30.3 Å². The van der Waals surface area contributed by atoms with E-state index in [4.69, 9.17) is 41.3 Å².